The molecule has 0 radical (unpaired) electrons. The van der Waals surface area contributed by atoms with Crippen LogP contribution in [0.15, 0.2) is 47.0 Å². The first-order valence-electron chi connectivity index (χ1n) is 6.65. The van der Waals surface area contributed by atoms with Crippen molar-refractivity contribution in [3.05, 3.63) is 58.6 Å². The summed E-state index contributed by atoms with van der Waals surface area (Å²) in [5.41, 5.74) is 11.5. The van der Waals surface area contributed by atoms with Crippen LogP contribution in [-0.2, 0) is 0 Å². The average molecular weight is 299 g/mol. The molecule has 0 spiro atoms. The summed E-state index contributed by atoms with van der Waals surface area (Å²) in [6.07, 6.45) is 0. The maximum atomic E-state index is 6.34. The summed E-state index contributed by atoms with van der Waals surface area (Å²) in [4.78, 5) is 0. The normalized spacial score (nSPS) is 10.8. The van der Waals surface area contributed by atoms with Crippen LogP contribution in [0.1, 0.15) is 11.1 Å². The van der Waals surface area contributed by atoms with E-state index in [-0.39, 0.29) is 0 Å². The Kier molecular flexibility index (Phi) is 3.43. The van der Waals surface area contributed by atoms with Gasteiger partial charge in [0.2, 0.25) is 5.88 Å². The van der Waals surface area contributed by atoms with Gasteiger partial charge in [0.15, 0.2) is 0 Å². The van der Waals surface area contributed by atoms with Crippen LogP contribution in [0.3, 0.4) is 0 Å². The Balaban J connectivity index is 2.22. The van der Waals surface area contributed by atoms with Crippen LogP contribution in [0.4, 0.5) is 5.88 Å². The highest BCUT2D eigenvalue weighted by Crippen LogP contribution is 2.39. The molecule has 0 saturated heterocycles. The van der Waals surface area contributed by atoms with Crippen molar-refractivity contribution in [1.29, 1.82) is 0 Å². The molecule has 4 heteroatoms. The number of aromatic nitrogens is 1. The molecule has 0 aliphatic carbocycles. The van der Waals surface area contributed by atoms with Crippen molar-refractivity contribution < 1.29 is 4.52 Å². The summed E-state index contributed by atoms with van der Waals surface area (Å²) < 4.78 is 5.20. The van der Waals surface area contributed by atoms with Crippen LogP contribution < -0.4 is 5.73 Å². The summed E-state index contributed by atoms with van der Waals surface area (Å²) in [5, 5.41) is 4.73. The van der Waals surface area contributed by atoms with Gasteiger partial charge in [-0.25, -0.2) is 0 Å². The van der Waals surface area contributed by atoms with Crippen molar-refractivity contribution in [2.75, 3.05) is 5.73 Å². The van der Waals surface area contributed by atoms with Gasteiger partial charge in [0.05, 0.1) is 10.6 Å². The van der Waals surface area contributed by atoms with Gasteiger partial charge in [-0.1, -0.05) is 58.7 Å². The number of nitrogens with zero attached hydrogens (tertiary/aromatic N) is 1. The van der Waals surface area contributed by atoms with E-state index in [1.165, 1.54) is 0 Å². The molecular weight excluding hydrogens is 284 g/mol. The van der Waals surface area contributed by atoms with E-state index in [0.29, 0.717) is 16.6 Å². The number of hydrogen-bond acceptors (Lipinski definition) is 3. The zero-order chi connectivity index (χ0) is 15.0. The standard InChI is InChI=1S/C17H15ClN2O/c1-10-4-3-5-12(8-10)15-16(20-21-17(15)19)13-7-6-11(2)9-14(13)18/h3-9H,19H2,1-2H3. The Labute approximate surface area is 128 Å². The molecule has 1 aromatic heterocycles. The fourth-order valence-electron chi connectivity index (χ4n) is 2.38. The highest BCUT2D eigenvalue weighted by Gasteiger charge is 2.19. The van der Waals surface area contributed by atoms with Crippen LogP contribution in [0.2, 0.25) is 5.02 Å². The molecule has 0 unspecified atom stereocenters. The molecule has 0 aliphatic rings. The molecule has 0 aliphatic heterocycles. The van der Waals surface area contributed by atoms with Crippen LogP contribution in [0, 0.1) is 13.8 Å². The lowest BCUT2D eigenvalue weighted by atomic mass is 9.99. The zero-order valence-electron chi connectivity index (χ0n) is 11.9. The summed E-state index contributed by atoms with van der Waals surface area (Å²) in [6.45, 7) is 4.03. The molecule has 0 bridgehead atoms. The highest BCUT2D eigenvalue weighted by molar-refractivity contribution is 6.33. The number of benzene rings is 2. The van der Waals surface area contributed by atoms with E-state index in [9.17, 15) is 0 Å². The van der Waals surface area contributed by atoms with Gasteiger partial charge in [-0.15, -0.1) is 0 Å². The smallest absolute Gasteiger partial charge is 0.230 e. The summed E-state index contributed by atoms with van der Waals surface area (Å²) in [6, 6.07) is 13.9. The molecule has 3 rings (SSSR count). The maximum absolute atomic E-state index is 6.34. The van der Waals surface area contributed by atoms with Crippen molar-refractivity contribution in [2.45, 2.75) is 13.8 Å². The van der Waals surface area contributed by atoms with Gasteiger partial charge < -0.3 is 10.3 Å². The van der Waals surface area contributed by atoms with E-state index in [1.807, 2.05) is 50.2 Å². The SMILES string of the molecule is Cc1cccc(-c2c(-c3ccc(C)cc3Cl)noc2N)c1. The van der Waals surface area contributed by atoms with Crippen molar-refractivity contribution in [3.63, 3.8) is 0 Å². The van der Waals surface area contributed by atoms with Crippen LogP contribution in [-0.4, -0.2) is 5.16 Å². The Bertz CT molecular complexity index is 808. The molecular formula is C17H15ClN2O. The second-order valence-electron chi connectivity index (χ2n) is 5.12. The first-order valence-corrected chi connectivity index (χ1v) is 7.03. The third kappa shape index (κ3) is 2.52. The van der Waals surface area contributed by atoms with Gasteiger partial charge in [0.1, 0.15) is 5.69 Å². The van der Waals surface area contributed by atoms with E-state index < -0.39 is 0 Å². The number of anilines is 1. The Morgan fingerprint density at radius 3 is 2.52 bits per heavy atom. The second-order valence-corrected chi connectivity index (χ2v) is 5.53. The van der Waals surface area contributed by atoms with Crippen molar-refractivity contribution in [3.8, 4) is 22.4 Å². The second kappa shape index (κ2) is 5.26. The first-order chi connectivity index (χ1) is 10.1. The minimum Gasteiger partial charge on any atom is -0.367 e. The van der Waals surface area contributed by atoms with Gasteiger partial charge in [0.25, 0.3) is 0 Å². The first kappa shape index (κ1) is 13.7. The number of rotatable bonds is 2. The summed E-state index contributed by atoms with van der Waals surface area (Å²) >= 11 is 6.34. The minimum absolute atomic E-state index is 0.298. The molecule has 2 aromatic carbocycles. The van der Waals surface area contributed by atoms with Gasteiger partial charge in [-0.05, 0) is 31.0 Å². The van der Waals surface area contributed by atoms with Crippen molar-refractivity contribution in [1.82, 2.24) is 5.16 Å². The number of nitrogens with two attached hydrogens (primary N) is 1. The van der Waals surface area contributed by atoms with E-state index in [1.54, 1.807) is 0 Å². The van der Waals surface area contributed by atoms with Gasteiger partial charge in [-0.2, -0.15) is 0 Å². The predicted molar refractivity (Wildman–Crippen MR) is 86.3 cm³/mol. The number of nitrogen functional groups attached to an aromatic ring is 1. The summed E-state index contributed by atoms with van der Waals surface area (Å²) in [5.74, 6) is 0.298. The fraction of sp³-hybridized carbons (Fsp3) is 0.118. The quantitative estimate of drug-likeness (QED) is 0.735. The monoisotopic (exact) mass is 298 g/mol. The van der Waals surface area contributed by atoms with Crippen LogP contribution in [0.5, 0.6) is 0 Å². The Hall–Kier alpha value is -2.26. The van der Waals surface area contributed by atoms with E-state index in [4.69, 9.17) is 21.9 Å². The van der Waals surface area contributed by atoms with E-state index in [2.05, 4.69) is 11.2 Å². The third-order valence-electron chi connectivity index (χ3n) is 3.40. The third-order valence-corrected chi connectivity index (χ3v) is 3.72. The lowest BCUT2D eigenvalue weighted by molar-refractivity contribution is 0.439. The van der Waals surface area contributed by atoms with Crippen LogP contribution in [0.25, 0.3) is 22.4 Å². The molecule has 0 fully saturated rings. The molecule has 0 atom stereocenters. The average Bonchev–Trinajstić information content (AvgIpc) is 2.80. The van der Waals surface area contributed by atoms with Crippen molar-refractivity contribution in [2.24, 2.45) is 0 Å². The lowest BCUT2D eigenvalue weighted by Crippen LogP contribution is -1.89. The predicted octanol–water partition coefficient (Wildman–Crippen LogP) is 4.86. The largest absolute Gasteiger partial charge is 0.367 e. The maximum Gasteiger partial charge on any atom is 0.230 e. The van der Waals surface area contributed by atoms with E-state index in [0.717, 1.165) is 27.8 Å². The molecule has 21 heavy (non-hydrogen) atoms. The minimum atomic E-state index is 0.298. The molecule has 0 saturated carbocycles. The fourth-order valence-corrected chi connectivity index (χ4v) is 2.70. The highest BCUT2D eigenvalue weighted by atomic mass is 35.5. The number of aryl methyl sites for hydroxylation is 2. The van der Waals surface area contributed by atoms with Gasteiger partial charge >= 0.3 is 0 Å². The zero-order valence-corrected chi connectivity index (χ0v) is 12.6. The summed E-state index contributed by atoms with van der Waals surface area (Å²) in [7, 11) is 0. The Morgan fingerprint density at radius 1 is 1.05 bits per heavy atom. The lowest BCUT2D eigenvalue weighted by Gasteiger charge is -2.06. The van der Waals surface area contributed by atoms with E-state index >= 15 is 0 Å². The Morgan fingerprint density at radius 2 is 1.81 bits per heavy atom. The molecule has 1 heterocycles. The van der Waals surface area contributed by atoms with Crippen molar-refractivity contribution >= 4 is 17.5 Å². The van der Waals surface area contributed by atoms with Crippen LogP contribution >= 0.6 is 11.6 Å². The number of hydrogen-bond donors (Lipinski definition) is 1. The van der Waals surface area contributed by atoms with Gasteiger partial charge in [-0.3, -0.25) is 0 Å². The van der Waals surface area contributed by atoms with Gasteiger partial charge in [0, 0.05) is 5.56 Å². The molecule has 106 valence electrons. The molecule has 0 amide bonds. The topological polar surface area (TPSA) is 52.0 Å². The number of halogens is 1. The molecule has 3 aromatic rings. The molecule has 2 N–H and O–H groups in total. The molecule has 3 nitrogen and oxygen atoms in total.